The maximum Gasteiger partial charge on any atom is 0.269 e. The molecule has 0 spiro atoms. The second-order valence-electron chi connectivity index (χ2n) is 7.48. The number of rotatable bonds is 6. The van der Waals surface area contributed by atoms with E-state index in [0.717, 1.165) is 22.6 Å². The SMILES string of the molecule is Cc1cc(/C=C(\C#N)C(=O)NCc2ccc3c(c2)OCO3)c(C)n1-c1ccc([N+](=O)[O-])cc1. The lowest BCUT2D eigenvalue weighted by atomic mass is 10.1. The van der Waals surface area contributed by atoms with E-state index < -0.39 is 10.8 Å². The lowest BCUT2D eigenvalue weighted by Crippen LogP contribution is -2.23. The highest BCUT2D eigenvalue weighted by atomic mass is 16.7. The number of carbonyl (C=O) groups is 1. The highest BCUT2D eigenvalue weighted by molar-refractivity contribution is 6.01. The Morgan fingerprint density at radius 2 is 1.91 bits per heavy atom. The van der Waals surface area contributed by atoms with Crippen molar-refractivity contribution < 1.29 is 19.2 Å². The fourth-order valence-corrected chi connectivity index (χ4v) is 3.69. The molecule has 1 aliphatic rings. The van der Waals surface area contributed by atoms with Crippen LogP contribution in [0.5, 0.6) is 11.5 Å². The molecule has 1 amide bonds. The lowest BCUT2D eigenvalue weighted by molar-refractivity contribution is -0.384. The van der Waals surface area contributed by atoms with Crippen molar-refractivity contribution in [2.24, 2.45) is 0 Å². The molecule has 1 N–H and O–H groups in total. The molecule has 0 radical (unpaired) electrons. The molecule has 0 unspecified atom stereocenters. The van der Waals surface area contributed by atoms with E-state index in [1.807, 2.05) is 36.6 Å². The van der Waals surface area contributed by atoms with E-state index in [2.05, 4.69) is 5.32 Å². The van der Waals surface area contributed by atoms with E-state index in [1.54, 1.807) is 30.3 Å². The highest BCUT2D eigenvalue weighted by Crippen LogP contribution is 2.32. The molecule has 2 heterocycles. The molecular weight excluding hydrogens is 424 g/mol. The van der Waals surface area contributed by atoms with Gasteiger partial charge in [0.05, 0.1) is 4.92 Å². The third-order valence-electron chi connectivity index (χ3n) is 5.34. The van der Waals surface area contributed by atoms with E-state index in [4.69, 9.17) is 9.47 Å². The largest absolute Gasteiger partial charge is 0.454 e. The number of non-ortho nitro benzene ring substituents is 1. The van der Waals surface area contributed by atoms with Crippen molar-refractivity contribution in [3.63, 3.8) is 0 Å². The number of carbonyl (C=O) groups excluding carboxylic acids is 1. The van der Waals surface area contributed by atoms with Crippen molar-refractivity contribution in [2.45, 2.75) is 20.4 Å². The zero-order valence-corrected chi connectivity index (χ0v) is 18.0. The first-order valence-electron chi connectivity index (χ1n) is 10.1. The van der Waals surface area contributed by atoms with Crippen LogP contribution in [0.3, 0.4) is 0 Å². The topological polar surface area (TPSA) is 119 Å². The maximum atomic E-state index is 12.6. The van der Waals surface area contributed by atoms with Gasteiger partial charge in [0.1, 0.15) is 11.6 Å². The molecule has 4 rings (SSSR count). The minimum Gasteiger partial charge on any atom is -0.454 e. The number of hydrogen-bond acceptors (Lipinski definition) is 6. The molecule has 2 aromatic carbocycles. The third kappa shape index (κ3) is 4.41. The van der Waals surface area contributed by atoms with Crippen LogP contribution in [-0.4, -0.2) is 22.2 Å². The van der Waals surface area contributed by atoms with E-state index in [0.29, 0.717) is 17.1 Å². The standard InChI is InChI=1S/C24H20N4O5/c1-15-9-18(16(2)27(15)20-4-6-21(7-5-20)28(30)31)11-19(12-25)24(29)26-13-17-3-8-22-23(10-17)33-14-32-22/h3-11H,13-14H2,1-2H3,(H,26,29)/b19-11+. The summed E-state index contributed by atoms with van der Waals surface area (Å²) in [4.78, 5) is 23.1. The number of fused-ring (bicyclic) bond motifs is 1. The predicted octanol–water partition coefficient (Wildman–Crippen LogP) is 3.95. The van der Waals surface area contributed by atoms with Crippen molar-refractivity contribution in [1.82, 2.24) is 9.88 Å². The molecule has 1 aliphatic heterocycles. The van der Waals surface area contributed by atoms with Crippen LogP contribution in [0.15, 0.2) is 54.1 Å². The number of nitriles is 1. The zero-order valence-electron chi connectivity index (χ0n) is 18.0. The molecule has 0 saturated heterocycles. The Morgan fingerprint density at radius 1 is 1.18 bits per heavy atom. The van der Waals surface area contributed by atoms with Crippen LogP contribution in [0.4, 0.5) is 5.69 Å². The van der Waals surface area contributed by atoms with Crippen LogP contribution >= 0.6 is 0 Å². The van der Waals surface area contributed by atoms with E-state index in [9.17, 15) is 20.2 Å². The Labute approximate surface area is 189 Å². The van der Waals surface area contributed by atoms with E-state index in [-0.39, 0.29) is 24.6 Å². The zero-order chi connectivity index (χ0) is 23.5. The molecule has 1 aromatic heterocycles. The highest BCUT2D eigenvalue weighted by Gasteiger charge is 2.16. The van der Waals surface area contributed by atoms with Crippen molar-refractivity contribution in [3.8, 4) is 23.3 Å². The van der Waals surface area contributed by atoms with Crippen LogP contribution in [0.1, 0.15) is 22.5 Å². The van der Waals surface area contributed by atoms with Gasteiger partial charge in [0.25, 0.3) is 11.6 Å². The average molecular weight is 444 g/mol. The van der Waals surface area contributed by atoms with Gasteiger partial charge in [-0.25, -0.2) is 0 Å². The van der Waals surface area contributed by atoms with Crippen LogP contribution < -0.4 is 14.8 Å². The summed E-state index contributed by atoms with van der Waals surface area (Å²) in [5.41, 5.74) is 3.93. The molecule has 0 atom stereocenters. The number of ether oxygens (including phenoxy) is 2. The summed E-state index contributed by atoms with van der Waals surface area (Å²) in [6.45, 7) is 4.15. The molecule has 3 aromatic rings. The fourth-order valence-electron chi connectivity index (χ4n) is 3.69. The van der Waals surface area contributed by atoms with Gasteiger partial charge in [0.2, 0.25) is 6.79 Å². The number of nitrogens with one attached hydrogen (secondary N) is 1. The first-order valence-corrected chi connectivity index (χ1v) is 10.1. The summed E-state index contributed by atoms with van der Waals surface area (Å²) >= 11 is 0. The van der Waals surface area contributed by atoms with Crippen LogP contribution in [0.25, 0.3) is 11.8 Å². The van der Waals surface area contributed by atoms with Gasteiger partial charge in [-0.3, -0.25) is 14.9 Å². The summed E-state index contributed by atoms with van der Waals surface area (Å²) in [7, 11) is 0. The molecule has 33 heavy (non-hydrogen) atoms. The predicted molar refractivity (Wildman–Crippen MR) is 120 cm³/mol. The van der Waals surface area contributed by atoms with Crippen LogP contribution in [0.2, 0.25) is 0 Å². The number of nitro groups is 1. The number of amides is 1. The Bertz CT molecular complexity index is 1320. The number of nitro benzene ring substituents is 1. The molecular formula is C24H20N4O5. The maximum absolute atomic E-state index is 12.6. The Balaban J connectivity index is 1.53. The monoisotopic (exact) mass is 444 g/mol. The molecule has 0 bridgehead atoms. The van der Waals surface area contributed by atoms with Gasteiger partial charge in [0, 0.05) is 35.8 Å². The van der Waals surface area contributed by atoms with Gasteiger partial charge < -0.3 is 19.4 Å². The molecule has 0 aliphatic carbocycles. The Hall–Kier alpha value is -4.58. The molecule has 9 heteroatoms. The van der Waals surface area contributed by atoms with Crippen molar-refractivity contribution in [2.75, 3.05) is 6.79 Å². The van der Waals surface area contributed by atoms with E-state index >= 15 is 0 Å². The van der Waals surface area contributed by atoms with Crippen LogP contribution in [0, 0.1) is 35.3 Å². The first-order chi connectivity index (χ1) is 15.9. The summed E-state index contributed by atoms with van der Waals surface area (Å²) in [6.07, 6.45) is 1.54. The van der Waals surface area contributed by atoms with E-state index in [1.165, 1.54) is 12.1 Å². The molecule has 0 fully saturated rings. The third-order valence-corrected chi connectivity index (χ3v) is 5.34. The van der Waals surface area contributed by atoms with Gasteiger partial charge in [-0.05, 0) is 61.4 Å². The Morgan fingerprint density at radius 3 is 2.61 bits per heavy atom. The normalized spacial score (nSPS) is 12.3. The van der Waals surface area contributed by atoms with Gasteiger partial charge >= 0.3 is 0 Å². The number of benzene rings is 2. The minimum atomic E-state index is -0.490. The lowest BCUT2D eigenvalue weighted by Gasteiger charge is -2.09. The summed E-state index contributed by atoms with van der Waals surface area (Å²) in [5, 5.41) is 23.2. The molecule has 9 nitrogen and oxygen atoms in total. The fraction of sp³-hybridized carbons (Fsp3) is 0.167. The number of aryl methyl sites for hydroxylation is 1. The number of nitrogens with zero attached hydrogens (tertiary/aromatic N) is 3. The molecule has 166 valence electrons. The second kappa shape index (κ2) is 8.88. The van der Waals surface area contributed by atoms with Crippen molar-refractivity contribution in [3.05, 3.63) is 86.7 Å². The quantitative estimate of drug-likeness (QED) is 0.266. The van der Waals surface area contributed by atoms with Gasteiger partial charge in [-0.2, -0.15) is 5.26 Å². The van der Waals surface area contributed by atoms with Gasteiger partial charge in [-0.15, -0.1) is 0 Å². The van der Waals surface area contributed by atoms with Gasteiger partial charge in [0.15, 0.2) is 11.5 Å². The average Bonchev–Trinajstić information content (AvgIpc) is 3.39. The second-order valence-corrected chi connectivity index (χ2v) is 7.48. The smallest absolute Gasteiger partial charge is 0.269 e. The number of hydrogen-bond donors (Lipinski definition) is 1. The van der Waals surface area contributed by atoms with Gasteiger partial charge in [-0.1, -0.05) is 6.07 Å². The summed E-state index contributed by atoms with van der Waals surface area (Å²) < 4.78 is 12.5. The number of aromatic nitrogens is 1. The summed E-state index contributed by atoms with van der Waals surface area (Å²) in [6, 6.07) is 15.4. The molecule has 0 saturated carbocycles. The summed E-state index contributed by atoms with van der Waals surface area (Å²) in [5.74, 6) is 0.790. The van der Waals surface area contributed by atoms with Crippen molar-refractivity contribution in [1.29, 1.82) is 5.26 Å². The minimum absolute atomic E-state index is 0.00669. The first kappa shape index (κ1) is 21.6. The Kier molecular flexibility index (Phi) is 5.83. The van der Waals surface area contributed by atoms with Crippen LogP contribution in [-0.2, 0) is 11.3 Å². The van der Waals surface area contributed by atoms with Crippen molar-refractivity contribution >= 4 is 17.7 Å².